The van der Waals surface area contributed by atoms with E-state index in [1.165, 1.54) is 11.6 Å². The number of hydrogen-bond donors (Lipinski definition) is 2. The largest absolute Gasteiger partial charge is 0.356 e. The second kappa shape index (κ2) is 4.66. The number of aromatic nitrogens is 1. The maximum absolute atomic E-state index is 13.5. The van der Waals surface area contributed by atoms with Gasteiger partial charge in [0.2, 0.25) is 0 Å². The third kappa shape index (κ3) is 1.95. The van der Waals surface area contributed by atoms with Gasteiger partial charge in [0, 0.05) is 11.1 Å². The summed E-state index contributed by atoms with van der Waals surface area (Å²) in [6, 6.07) is 5.22. The Bertz CT molecular complexity index is 488. The number of H-pyrrole nitrogens is 1. The molecular weight excluding hydrogens is 203 g/mol. The van der Waals surface area contributed by atoms with Crippen LogP contribution in [0.3, 0.4) is 0 Å². The molecule has 2 rings (SSSR count). The summed E-state index contributed by atoms with van der Waals surface area (Å²) in [7, 11) is 1.94. The average Bonchev–Trinajstić information content (AvgIpc) is 2.59. The van der Waals surface area contributed by atoms with Gasteiger partial charge in [0.1, 0.15) is 5.82 Å². The van der Waals surface area contributed by atoms with Crippen molar-refractivity contribution in [2.45, 2.75) is 19.8 Å². The molecule has 2 N–H and O–H groups in total. The van der Waals surface area contributed by atoms with Crippen molar-refractivity contribution >= 4 is 10.9 Å². The van der Waals surface area contributed by atoms with Crippen LogP contribution in [-0.2, 0) is 6.42 Å². The first kappa shape index (κ1) is 11.1. The summed E-state index contributed by atoms with van der Waals surface area (Å²) in [4.78, 5) is 3.19. The molecule has 0 fully saturated rings. The van der Waals surface area contributed by atoms with Gasteiger partial charge in [0.15, 0.2) is 0 Å². The minimum atomic E-state index is -0.166. The minimum Gasteiger partial charge on any atom is -0.356 e. The van der Waals surface area contributed by atoms with Crippen LogP contribution in [0.25, 0.3) is 10.9 Å². The summed E-state index contributed by atoms with van der Waals surface area (Å²) in [6.45, 7) is 3.03. The van der Waals surface area contributed by atoms with Crippen molar-refractivity contribution in [3.05, 3.63) is 35.3 Å². The number of fused-ring (bicyclic) bond motifs is 1. The van der Waals surface area contributed by atoms with Crippen molar-refractivity contribution in [2.24, 2.45) is 0 Å². The van der Waals surface area contributed by atoms with Crippen molar-refractivity contribution in [3.63, 3.8) is 0 Å². The Labute approximate surface area is 94.9 Å². The van der Waals surface area contributed by atoms with E-state index in [1.807, 2.05) is 20.0 Å². The summed E-state index contributed by atoms with van der Waals surface area (Å²) in [5, 5.41) is 4.11. The predicted molar refractivity (Wildman–Crippen MR) is 65.2 cm³/mol. The first-order valence-electron chi connectivity index (χ1n) is 5.64. The van der Waals surface area contributed by atoms with E-state index >= 15 is 0 Å². The maximum Gasteiger partial charge on any atom is 0.147 e. The van der Waals surface area contributed by atoms with Crippen LogP contribution >= 0.6 is 0 Å². The molecule has 2 aromatic rings. The van der Waals surface area contributed by atoms with Crippen LogP contribution in [0.1, 0.15) is 17.7 Å². The summed E-state index contributed by atoms with van der Waals surface area (Å²) < 4.78 is 13.5. The van der Waals surface area contributed by atoms with Crippen molar-refractivity contribution in [1.29, 1.82) is 0 Å². The molecule has 0 saturated carbocycles. The van der Waals surface area contributed by atoms with Gasteiger partial charge in [-0.15, -0.1) is 0 Å². The normalized spacial score (nSPS) is 11.2. The molecule has 1 heterocycles. The lowest BCUT2D eigenvalue weighted by Crippen LogP contribution is -2.08. The number of halogens is 1. The molecule has 0 aliphatic carbocycles. The fourth-order valence-electron chi connectivity index (χ4n) is 2.06. The molecule has 1 aromatic heterocycles. The van der Waals surface area contributed by atoms with Crippen LogP contribution < -0.4 is 5.32 Å². The number of hydrogen-bond acceptors (Lipinski definition) is 1. The Morgan fingerprint density at radius 3 is 2.88 bits per heavy atom. The molecule has 3 heteroatoms. The summed E-state index contributed by atoms with van der Waals surface area (Å²) in [5.41, 5.74) is 2.96. The number of benzene rings is 1. The number of para-hydroxylation sites is 1. The zero-order chi connectivity index (χ0) is 11.5. The van der Waals surface area contributed by atoms with Gasteiger partial charge in [0.25, 0.3) is 0 Å². The van der Waals surface area contributed by atoms with Gasteiger partial charge in [-0.3, -0.25) is 0 Å². The molecule has 0 saturated heterocycles. The van der Waals surface area contributed by atoms with Gasteiger partial charge in [-0.1, -0.05) is 12.1 Å². The van der Waals surface area contributed by atoms with E-state index in [9.17, 15) is 4.39 Å². The van der Waals surface area contributed by atoms with Crippen LogP contribution in [0.4, 0.5) is 4.39 Å². The van der Waals surface area contributed by atoms with Gasteiger partial charge in [0.05, 0.1) is 5.52 Å². The number of aromatic amines is 1. The highest BCUT2D eigenvalue weighted by Crippen LogP contribution is 2.24. The van der Waals surface area contributed by atoms with Gasteiger partial charge in [-0.2, -0.15) is 0 Å². The Morgan fingerprint density at radius 2 is 2.19 bits per heavy atom. The van der Waals surface area contributed by atoms with Crippen molar-refractivity contribution in [1.82, 2.24) is 10.3 Å². The summed E-state index contributed by atoms with van der Waals surface area (Å²) >= 11 is 0. The molecule has 0 radical (unpaired) electrons. The Balaban J connectivity index is 2.33. The highest BCUT2D eigenvalue weighted by atomic mass is 19.1. The SMILES string of the molecule is CNCCCc1[nH]c2c(F)cccc2c1C. The zero-order valence-corrected chi connectivity index (χ0v) is 9.73. The Kier molecular flexibility index (Phi) is 3.25. The van der Waals surface area contributed by atoms with E-state index in [2.05, 4.69) is 10.3 Å². The predicted octanol–water partition coefficient (Wildman–Crippen LogP) is 2.77. The highest BCUT2D eigenvalue weighted by Gasteiger charge is 2.09. The molecular formula is C13H17FN2. The fourth-order valence-corrected chi connectivity index (χ4v) is 2.06. The van der Waals surface area contributed by atoms with Gasteiger partial charge in [-0.05, 0) is 45.0 Å². The quantitative estimate of drug-likeness (QED) is 0.762. The van der Waals surface area contributed by atoms with E-state index in [0.717, 1.165) is 30.5 Å². The van der Waals surface area contributed by atoms with E-state index in [1.54, 1.807) is 6.07 Å². The van der Waals surface area contributed by atoms with E-state index < -0.39 is 0 Å². The first-order valence-corrected chi connectivity index (χ1v) is 5.64. The number of rotatable bonds is 4. The standard InChI is InChI=1S/C13H17FN2/c1-9-10-5-3-6-11(14)13(10)16-12(9)7-4-8-15-2/h3,5-6,15-16H,4,7-8H2,1-2H3. The highest BCUT2D eigenvalue weighted by molar-refractivity contribution is 5.84. The van der Waals surface area contributed by atoms with Crippen LogP contribution in [0.2, 0.25) is 0 Å². The number of nitrogens with one attached hydrogen (secondary N) is 2. The molecule has 0 amide bonds. The average molecular weight is 220 g/mol. The zero-order valence-electron chi connectivity index (χ0n) is 9.73. The van der Waals surface area contributed by atoms with Gasteiger partial charge in [-0.25, -0.2) is 4.39 Å². The number of aryl methyl sites for hydroxylation is 2. The smallest absolute Gasteiger partial charge is 0.147 e. The lowest BCUT2D eigenvalue weighted by Gasteiger charge is -1.99. The maximum atomic E-state index is 13.5. The molecule has 0 aliphatic rings. The second-order valence-electron chi connectivity index (χ2n) is 4.10. The summed E-state index contributed by atoms with van der Waals surface area (Å²) in [6.07, 6.45) is 2.02. The Hall–Kier alpha value is -1.35. The Morgan fingerprint density at radius 1 is 1.38 bits per heavy atom. The molecule has 0 aliphatic heterocycles. The third-order valence-electron chi connectivity index (χ3n) is 3.00. The molecule has 0 bridgehead atoms. The molecule has 0 spiro atoms. The molecule has 1 aromatic carbocycles. The van der Waals surface area contributed by atoms with E-state index in [4.69, 9.17) is 0 Å². The monoisotopic (exact) mass is 220 g/mol. The van der Waals surface area contributed by atoms with E-state index in [-0.39, 0.29) is 5.82 Å². The summed E-state index contributed by atoms with van der Waals surface area (Å²) in [5.74, 6) is -0.166. The topological polar surface area (TPSA) is 27.8 Å². The van der Waals surface area contributed by atoms with Gasteiger partial charge < -0.3 is 10.3 Å². The lowest BCUT2D eigenvalue weighted by molar-refractivity contribution is 0.636. The van der Waals surface area contributed by atoms with E-state index in [0.29, 0.717) is 5.52 Å². The van der Waals surface area contributed by atoms with Crippen LogP contribution in [0, 0.1) is 12.7 Å². The third-order valence-corrected chi connectivity index (χ3v) is 3.00. The van der Waals surface area contributed by atoms with Crippen molar-refractivity contribution < 1.29 is 4.39 Å². The molecule has 0 atom stereocenters. The fraction of sp³-hybridized carbons (Fsp3) is 0.385. The van der Waals surface area contributed by atoms with Crippen LogP contribution in [0.15, 0.2) is 18.2 Å². The van der Waals surface area contributed by atoms with Gasteiger partial charge >= 0.3 is 0 Å². The second-order valence-corrected chi connectivity index (χ2v) is 4.10. The minimum absolute atomic E-state index is 0.166. The van der Waals surface area contributed by atoms with Crippen LogP contribution in [-0.4, -0.2) is 18.6 Å². The molecule has 2 nitrogen and oxygen atoms in total. The van der Waals surface area contributed by atoms with Crippen molar-refractivity contribution in [3.8, 4) is 0 Å². The van der Waals surface area contributed by atoms with Crippen LogP contribution in [0.5, 0.6) is 0 Å². The molecule has 86 valence electrons. The van der Waals surface area contributed by atoms with Crippen molar-refractivity contribution in [2.75, 3.05) is 13.6 Å². The molecule has 16 heavy (non-hydrogen) atoms. The lowest BCUT2D eigenvalue weighted by atomic mass is 10.1. The molecule has 0 unspecified atom stereocenters. The first-order chi connectivity index (χ1) is 7.74.